The fraction of sp³-hybridized carbons (Fsp3) is 0.294. The zero-order valence-electron chi connectivity index (χ0n) is 11.4. The zero-order valence-corrected chi connectivity index (χ0v) is 11.4. The van der Waals surface area contributed by atoms with Crippen molar-refractivity contribution in [3.8, 4) is 5.75 Å². The van der Waals surface area contributed by atoms with E-state index in [1.54, 1.807) is 7.11 Å². The third kappa shape index (κ3) is 2.13. The number of rotatable bonds is 3. The monoisotopic (exact) mass is 253 g/mol. The van der Waals surface area contributed by atoms with Crippen LogP contribution in [0.1, 0.15) is 22.6 Å². The average molecular weight is 253 g/mol. The van der Waals surface area contributed by atoms with E-state index in [1.165, 1.54) is 16.7 Å². The van der Waals surface area contributed by atoms with Crippen LogP contribution in [0.15, 0.2) is 48.5 Å². The second-order valence-corrected chi connectivity index (χ2v) is 5.05. The van der Waals surface area contributed by atoms with E-state index in [-0.39, 0.29) is 0 Å². The van der Waals surface area contributed by atoms with Crippen LogP contribution in [0.3, 0.4) is 0 Å². The highest BCUT2D eigenvalue weighted by Gasteiger charge is 2.32. The number of likely N-dealkylation sites (N-methyl/N-ethyl adjacent to an activating group) is 1. The third-order valence-corrected chi connectivity index (χ3v) is 4.06. The lowest BCUT2D eigenvalue weighted by atomic mass is 9.90. The lowest BCUT2D eigenvalue weighted by Crippen LogP contribution is -2.29. The van der Waals surface area contributed by atoms with Gasteiger partial charge in [-0.15, -0.1) is 0 Å². The largest absolute Gasteiger partial charge is 0.497 e. The molecule has 0 amide bonds. The fourth-order valence-electron chi connectivity index (χ4n) is 3.10. The Kier molecular flexibility index (Phi) is 3.26. The Hall–Kier alpha value is -1.80. The highest BCUT2D eigenvalue weighted by Crippen LogP contribution is 2.39. The summed E-state index contributed by atoms with van der Waals surface area (Å²) >= 11 is 0. The van der Waals surface area contributed by atoms with Gasteiger partial charge in [0, 0.05) is 12.0 Å². The predicted molar refractivity (Wildman–Crippen MR) is 77.8 cm³/mol. The summed E-state index contributed by atoms with van der Waals surface area (Å²) in [6.07, 6.45) is 1.06. The third-order valence-electron chi connectivity index (χ3n) is 4.06. The molecular weight excluding hydrogens is 234 g/mol. The first-order chi connectivity index (χ1) is 9.33. The van der Waals surface area contributed by atoms with Gasteiger partial charge in [-0.25, -0.2) is 0 Å². The summed E-state index contributed by atoms with van der Waals surface area (Å²) in [7, 11) is 3.77. The molecule has 1 N–H and O–H groups in total. The molecule has 2 aromatic carbocycles. The van der Waals surface area contributed by atoms with Crippen LogP contribution in [0, 0.1) is 0 Å². The molecule has 1 aliphatic carbocycles. The Morgan fingerprint density at radius 2 is 1.89 bits per heavy atom. The minimum atomic E-state index is 0.437. The van der Waals surface area contributed by atoms with Gasteiger partial charge in [-0.3, -0.25) is 0 Å². The van der Waals surface area contributed by atoms with Crippen LogP contribution in [0.4, 0.5) is 0 Å². The average Bonchev–Trinajstić information content (AvgIpc) is 2.85. The van der Waals surface area contributed by atoms with Crippen molar-refractivity contribution in [3.05, 3.63) is 65.2 Å². The van der Waals surface area contributed by atoms with E-state index < -0.39 is 0 Å². The predicted octanol–water partition coefficient (Wildman–Crippen LogP) is 2.97. The van der Waals surface area contributed by atoms with E-state index in [2.05, 4.69) is 53.8 Å². The molecule has 3 rings (SSSR count). The van der Waals surface area contributed by atoms with Crippen LogP contribution in [-0.2, 0) is 6.42 Å². The van der Waals surface area contributed by atoms with E-state index in [0.717, 1.165) is 12.2 Å². The second kappa shape index (κ2) is 5.06. The first-order valence-corrected chi connectivity index (χ1v) is 6.72. The minimum Gasteiger partial charge on any atom is -0.497 e. The van der Waals surface area contributed by atoms with Crippen molar-refractivity contribution < 1.29 is 4.74 Å². The lowest BCUT2D eigenvalue weighted by Gasteiger charge is -2.20. The zero-order chi connectivity index (χ0) is 13.2. The van der Waals surface area contributed by atoms with E-state index in [9.17, 15) is 0 Å². The summed E-state index contributed by atoms with van der Waals surface area (Å²) in [5.74, 6) is 1.38. The number of hydrogen-bond donors (Lipinski definition) is 1. The first kappa shape index (κ1) is 12.2. The van der Waals surface area contributed by atoms with Gasteiger partial charge in [-0.1, -0.05) is 36.4 Å². The molecule has 0 saturated heterocycles. The number of fused-ring (bicyclic) bond motifs is 1. The molecule has 0 fully saturated rings. The maximum atomic E-state index is 5.33. The standard InChI is InChI=1S/C17H19NO/c1-18-16-11-13-10-14(19-2)8-9-15(13)17(16)12-6-4-3-5-7-12/h3-10,16-18H,11H2,1-2H3/t16-,17-/m1/s1. The minimum absolute atomic E-state index is 0.437. The summed E-state index contributed by atoms with van der Waals surface area (Å²) in [5, 5.41) is 3.46. The molecule has 0 aliphatic heterocycles. The van der Waals surface area contributed by atoms with E-state index >= 15 is 0 Å². The number of benzene rings is 2. The fourth-order valence-corrected chi connectivity index (χ4v) is 3.10. The summed E-state index contributed by atoms with van der Waals surface area (Å²) in [5.41, 5.74) is 4.20. The molecular formula is C17H19NO. The van der Waals surface area contributed by atoms with E-state index in [1.807, 2.05) is 7.05 Å². The van der Waals surface area contributed by atoms with Gasteiger partial charge >= 0.3 is 0 Å². The van der Waals surface area contributed by atoms with Gasteiger partial charge in [-0.2, -0.15) is 0 Å². The molecule has 1 aliphatic rings. The molecule has 98 valence electrons. The molecule has 2 atom stereocenters. The van der Waals surface area contributed by atoms with Crippen LogP contribution in [0.25, 0.3) is 0 Å². The van der Waals surface area contributed by atoms with Gasteiger partial charge in [0.1, 0.15) is 5.75 Å². The Bertz CT molecular complexity index is 565. The van der Waals surface area contributed by atoms with Crippen molar-refractivity contribution in [1.82, 2.24) is 5.32 Å². The molecule has 0 unspecified atom stereocenters. The van der Waals surface area contributed by atoms with Crippen molar-refractivity contribution in [2.75, 3.05) is 14.2 Å². The maximum absolute atomic E-state index is 5.33. The van der Waals surface area contributed by atoms with Gasteiger partial charge < -0.3 is 10.1 Å². The summed E-state index contributed by atoms with van der Waals surface area (Å²) in [4.78, 5) is 0. The molecule has 0 saturated carbocycles. The maximum Gasteiger partial charge on any atom is 0.119 e. The van der Waals surface area contributed by atoms with Crippen LogP contribution in [0.2, 0.25) is 0 Å². The number of methoxy groups -OCH3 is 1. The quantitative estimate of drug-likeness (QED) is 0.908. The second-order valence-electron chi connectivity index (χ2n) is 5.05. The Balaban J connectivity index is 2.05. The topological polar surface area (TPSA) is 21.3 Å². The Morgan fingerprint density at radius 3 is 2.58 bits per heavy atom. The van der Waals surface area contributed by atoms with Gasteiger partial charge in [0.05, 0.1) is 7.11 Å². The summed E-state index contributed by atoms with van der Waals surface area (Å²) in [6.45, 7) is 0. The molecule has 2 nitrogen and oxygen atoms in total. The van der Waals surface area contributed by atoms with Crippen LogP contribution >= 0.6 is 0 Å². The lowest BCUT2D eigenvalue weighted by molar-refractivity contribution is 0.414. The van der Waals surface area contributed by atoms with Crippen molar-refractivity contribution in [2.45, 2.75) is 18.4 Å². The Labute approximate surface area is 114 Å². The molecule has 0 spiro atoms. The van der Waals surface area contributed by atoms with Gasteiger partial charge in [-0.05, 0) is 42.3 Å². The number of ether oxygens (including phenoxy) is 1. The highest BCUT2D eigenvalue weighted by atomic mass is 16.5. The molecule has 0 aromatic heterocycles. The van der Waals surface area contributed by atoms with Crippen molar-refractivity contribution in [2.24, 2.45) is 0 Å². The normalized spacial score (nSPS) is 21.2. The Morgan fingerprint density at radius 1 is 1.11 bits per heavy atom. The summed E-state index contributed by atoms with van der Waals surface area (Å²) < 4.78 is 5.33. The highest BCUT2D eigenvalue weighted by molar-refractivity contribution is 5.48. The van der Waals surface area contributed by atoms with E-state index in [4.69, 9.17) is 4.74 Å². The molecule has 19 heavy (non-hydrogen) atoms. The SMILES string of the molecule is CN[C@@H]1Cc2cc(OC)ccc2[C@H]1c1ccccc1. The van der Waals surface area contributed by atoms with Crippen LogP contribution in [0.5, 0.6) is 5.75 Å². The van der Waals surface area contributed by atoms with Gasteiger partial charge in [0.15, 0.2) is 0 Å². The van der Waals surface area contributed by atoms with Crippen molar-refractivity contribution >= 4 is 0 Å². The molecule has 2 aromatic rings. The van der Waals surface area contributed by atoms with Crippen LogP contribution < -0.4 is 10.1 Å². The molecule has 2 heteroatoms. The number of hydrogen-bond acceptors (Lipinski definition) is 2. The first-order valence-electron chi connectivity index (χ1n) is 6.72. The van der Waals surface area contributed by atoms with Crippen molar-refractivity contribution in [1.29, 1.82) is 0 Å². The smallest absolute Gasteiger partial charge is 0.119 e. The molecule has 0 bridgehead atoms. The van der Waals surface area contributed by atoms with Gasteiger partial charge in [0.25, 0.3) is 0 Å². The van der Waals surface area contributed by atoms with E-state index in [0.29, 0.717) is 12.0 Å². The van der Waals surface area contributed by atoms with Crippen molar-refractivity contribution in [3.63, 3.8) is 0 Å². The van der Waals surface area contributed by atoms with Gasteiger partial charge in [0.2, 0.25) is 0 Å². The molecule has 0 radical (unpaired) electrons. The summed E-state index contributed by atoms with van der Waals surface area (Å²) in [6, 6.07) is 17.6. The van der Waals surface area contributed by atoms with Crippen LogP contribution in [-0.4, -0.2) is 20.2 Å². The number of nitrogens with one attached hydrogen (secondary N) is 1. The molecule has 0 heterocycles.